The van der Waals surface area contributed by atoms with E-state index >= 15 is 0 Å². The molecule has 192 valence electrons. The Hall–Kier alpha value is -0.206. The van der Waals surface area contributed by atoms with Crippen molar-refractivity contribution in [1.82, 2.24) is 0 Å². The summed E-state index contributed by atoms with van der Waals surface area (Å²) < 4.78 is 13.5. The number of rotatable bonds is 8. The normalized spacial score (nSPS) is 34.3. The van der Waals surface area contributed by atoms with Crippen molar-refractivity contribution in [2.45, 2.75) is 123 Å². The zero-order chi connectivity index (χ0) is 25.6. The van der Waals surface area contributed by atoms with E-state index in [-0.39, 0.29) is 52.1 Å². The van der Waals surface area contributed by atoms with Gasteiger partial charge >= 0.3 is 0 Å². The van der Waals surface area contributed by atoms with Crippen LogP contribution in [0.5, 0.6) is 0 Å². The zero-order valence-electron chi connectivity index (χ0n) is 23.7. The summed E-state index contributed by atoms with van der Waals surface area (Å²) in [4.78, 5) is 0. The van der Waals surface area contributed by atoms with Gasteiger partial charge in [-0.2, -0.15) is 0 Å². The minimum Gasteiger partial charge on any atom is -0.414 e. The molecule has 5 heteroatoms. The monoisotopic (exact) mass is 494 g/mol. The lowest BCUT2D eigenvalue weighted by Gasteiger charge is -2.42. The molecule has 2 rings (SSSR count). The van der Waals surface area contributed by atoms with Crippen LogP contribution in [0.25, 0.3) is 0 Å². The molecule has 0 bridgehead atoms. The summed E-state index contributed by atoms with van der Waals surface area (Å²) in [6.07, 6.45) is 8.99. The second kappa shape index (κ2) is 10.0. The van der Waals surface area contributed by atoms with E-state index in [0.29, 0.717) is 5.92 Å². The molecule has 0 heterocycles. The van der Waals surface area contributed by atoms with E-state index in [1.54, 1.807) is 0 Å². The smallest absolute Gasteiger partial charge is 0.192 e. The topological polar surface area (TPSA) is 38.7 Å². The second-order valence-corrected chi connectivity index (χ2v) is 23.5. The lowest BCUT2D eigenvalue weighted by Crippen LogP contribution is -2.46. The van der Waals surface area contributed by atoms with Gasteiger partial charge in [0.2, 0.25) is 0 Å². The van der Waals surface area contributed by atoms with E-state index in [1.807, 2.05) is 0 Å². The van der Waals surface area contributed by atoms with E-state index in [1.165, 1.54) is 0 Å². The summed E-state index contributed by atoms with van der Waals surface area (Å²) in [5.41, 5.74) is 0. The van der Waals surface area contributed by atoms with Crippen molar-refractivity contribution in [3.63, 3.8) is 0 Å². The third-order valence-corrected chi connectivity index (χ3v) is 18.6. The van der Waals surface area contributed by atoms with Crippen LogP contribution < -0.4 is 0 Å². The van der Waals surface area contributed by atoms with E-state index < -0.39 is 16.6 Å². The molecule has 0 spiro atoms. The fourth-order valence-corrected chi connectivity index (χ4v) is 8.12. The number of allylic oxidation sites excluding steroid dienone is 2. The molecule has 0 aromatic heterocycles. The zero-order valence-corrected chi connectivity index (χ0v) is 25.7. The van der Waals surface area contributed by atoms with Crippen LogP contribution in [0.4, 0.5) is 0 Å². The highest BCUT2D eigenvalue weighted by Crippen LogP contribution is 2.52. The Morgan fingerprint density at radius 1 is 1.00 bits per heavy atom. The molecule has 33 heavy (non-hydrogen) atoms. The van der Waals surface area contributed by atoms with Gasteiger partial charge in [-0.1, -0.05) is 66.7 Å². The molecule has 2 aliphatic carbocycles. The summed E-state index contributed by atoms with van der Waals surface area (Å²) in [5, 5.41) is 11.7. The van der Waals surface area contributed by atoms with Gasteiger partial charge in [-0.3, -0.25) is 0 Å². The first-order chi connectivity index (χ1) is 14.8. The van der Waals surface area contributed by atoms with Gasteiger partial charge in [0, 0.05) is 23.9 Å². The molecule has 0 aromatic rings. The molecule has 0 aliphatic heterocycles. The summed E-state index contributed by atoms with van der Waals surface area (Å²) in [7, 11) is -3.68. The second-order valence-electron chi connectivity index (χ2n) is 14.0. The van der Waals surface area contributed by atoms with E-state index in [0.717, 1.165) is 12.8 Å². The Bertz CT molecular complexity index is 701. The maximum Gasteiger partial charge on any atom is 0.192 e. The molecular formula is C28H54O3Si2. The summed E-state index contributed by atoms with van der Waals surface area (Å²) >= 11 is 0. The summed E-state index contributed by atoms with van der Waals surface area (Å²) in [5.74, 6) is 1.29. The van der Waals surface area contributed by atoms with Gasteiger partial charge in [-0.25, -0.2) is 0 Å². The van der Waals surface area contributed by atoms with Crippen molar-refractivity contribution in [2.75, 3.05) is 0 Å². The highest BCUT2D eigenvalue weighted by molar-refractivity contribution is 6.74. The van der Waals surface area contributed by atoms with Gasteiger partial charge in [-0.15, -0.1) is 6.58 Å². The van der Waals surface area contributed by atoms with Crippen molar-refractivity contribution in [2.24, 2.45) is 29.6 Å². The SMILES string of the molecule is C=C[C@@H]1[C@H]2[C@H](O)[C@@H](C)[C@H](O[Si](C)(C)C(C)(C)C)[C@H]2C=C[C@H]1CCC(C)O[Si](C)(C)C(C)(C)C. The molecule has 1 fully saturated rings. The Morgan fingerprint density at radius 3 is 2.03 bits per heavy atom. The van der Waals surface area contributed by atoms with Gasteiger partial charge in [0.25, 0.3) is 0 Å². The first-order valence-electron chi connectivity index (χ1n) is 13.2. The average Bonchev–Trinajstić information content (AvgIpc) is 2.88. The number of fused-ring (bicyclic) bond motifs is 1. The average molecular weight is 495 g/mol. The van der Waals surface area contributed by atoms with Crippen LogP contribution in [0.2, 0.25) is 36.3 Å². The fraction of sp³-hybridized carbons (Fsp3) is 0.857. The van der Waals surface area contributed by atoms with E-state index in [2.05, 4.69) is 106 Å². The Balaban J connectivity index is 2.15. The van der Waals surface area contributed by atoms with Crippen molar-refractivity contribution in [3.8, 4) is 0 Å². The number of aliphatic hydroxyl groups excluding tert-OH is 1. The molecule has 1 saturated carbocycles. The quantitative estimate of drug-likeness (QED) is 0.276. The summed E-state index contributed by atoms with van der Waals surface area (Å²) in [6, 6.07) is 0. The van der Waals surface area contributed by atoms with Crippen molar-refractivity contribution >= 4 is 16.6 Å². The van der Waals surface area contributed by atoms with Gasteiger partial charge in [-0.05, 0) is 67.9 Å². The van der Waals surface area contributed by atoms with Crippen LogP contribution in [-0.2, 0) is 8.85 Å². The van der Waals surface area contributed by atoms with Gasteiger partial charge in [0.1, 0.15) is 0 Å². The molecule has 0 radical (unpaired) electrons. The predicted octanol–water partition coefficient (Wildman–Crippen LogP) is 7.80. The van der Waals surface area contributed by atoms with Crippen LogP contribution in [0, 0.1) is 29.6 Å². The van der Waals surface area contributed by atoms with Crippen LogP contribution in [0.3, 0.4) is 0 Å². The van der Waals surface area contributed by atoms with Crippen LogP contribution >= 0.6 is 0 Å². The molecule has 0 aromatic carbocycles. The maximum absolute atomic E-state index is 11.3. The molecule has 0 saturated heterocycles. The highest BCUT2D eigenvalue weighted by atomic mass is 28.4. The lowest BCUT2D eigenvalue weighted by atomic mass is 9.69. The van der Waals surface area contributed by atoms with Crippen LogP contribution in [-0.4, -0.2) is 40.1 Å². The third-order valence-electron chi connectivity index (χ3n) is 9.51. The van der Waals surface area contributed by atoms with E-state index in [4.69, 9.17) is 8.85 Å². The Morgan fingerprint density at radius 2 is 1.55 bits per heavy atom. The standard InChI is InChI=1S/C28H54O3Si2/c1-14-22-21(16-15-19(2)30-32(10,11)27(4,5)6)17-18-23-24(22)25(29)20(3)26(23)31-33(12,13)28(7,8)9/h14,17-26,29H,1,15-16H2,2-13H3/t19?,20-,21-,22+,23+,24-,25-,26+/m1/s1. The molecule has 8 atom stereocenters. The maximum atomic E-state index is 11.3. The minimum atomic E-state index is -1.92. The van der Waals surface area contributed by atoms with Gasteiger partial charge in [0.05, 0.1) is 12.2 Å². The highest BCUT2D eigenvalue weighted by Gasteiger charge is 2.54. The van der Waals surface area contributed by atoms with Crippen LogP contribution in [0.15, 0.2) is 24.8 Å². The number of aliphatic hydroxyl groups is 1. The van der Waals surface area contributed by atoms with Crippen molar-refractivity contribution in [3.05, 3.63) is 24.8 Å². The third kappa shape index (κ3) is 6.14. The first-order valence-corrected chi connectivity index (χ1v) is 19.0. The van der Waals surface area contributed by atoms with Crippen LogP contribution in [0.1, 0.15) is 68.2 Å². The number of hydrogen-bond acceptors (Lipinski definition) is 3. The minimum absolute atomic E-state index is 0.0892. The molecule has 1 unspecified atom stereocenters. The largest absolute Gasteiger partial charge is 0.414 e. The lowest BCUT2D eigenvalue weighted by molar-refractivity contribution is 0.0508. The first kappa shape index (κ1) is 29.0. The van der Waals surface area contributed by atoms with Gasteiger partial charge < -0.3 is 14.0 Å². The Labute approximate surface area is 207 Å². The fourth-order valence-electron chi connectivity index (χ4n) is 5.24. The predicted molar refractivity (Wildman–Crippen MR) is 148 cm³/mol. The summed E-state index contributed by atoms with van der Waals surface area (Å²) in [6.45, 7) is 31.7. The number of hydrogen-bond donors (Lipinski definition) is 1. The molecule has 1 N–H and O–H groups in total. The van der Waals surface area contributed by atoms with Gasteiger partial charge in [0.15, 0.2) is 16.6 Å². The van der Waals surface area contributed by atoms with Crippen molar-refractivity contribution in [1.29, 1.82) is 0 Å². The molecule has 3 nitrogen and oxygen atoms in total. The molecular weight excluding hydrogens is 440 g/mol. The van der Waals surface area contributed by atoms with Crippen molar-refractivity contribution < 1.29 is 14.0 Å². The van der Waals surface area contributed by atoms with E-state index in [9.17, 15) is 5.11 Å². The molecule has 0 amide bonds. The Kier molecular flexibility index (Phi) is 8.83. The molecule has 2 aliphatic rings.